The molecule has 0 unspecified atom stereocenters. The zero-order valence-corrected chi connectivity index (χ0v) is 19.1. The Balaban J connectivity index is 1.24. The summed E-state index contributed by atoms with van der Waals surface area (Å²) in [6.45, 7) is 4.13. The predicted octanol–water partition coefficient (Wildman–Crippen LogP) is 4.71. The summed E-state index contributed by atoms with van der Waals surface area (Å²) in [4.78, 5) is 21.8. The first kappa shape index (κ1) is 21.5. The number of benzene rings is 3. The number of hydrogen-bond acceptors (Lipinski definition) is 3. The molecule has 1 aliphatic heterocycles. The molecule has 0 radical (unpaired) electrons. The second-order valence-corrected chi connectivity index (χ2v) is 8.61. The van der Waals surface area contributed by atoms with Gasteiger partial charge in [-0.1, -0.05) is 60.1 Å². The van der Waals surface area contributed by atoms with Crippen LogP contribution < -0.4 is 5.32 Å². The van der Waals surface area contributed by atoms with Crippen molar-refractivity contribution < 1.29 is 4.79 Å². The Morgan fingerprint density at radius 2 is 1.58 bits per heavy atom. The SMILES string of the molecule is O=C(NCc1ccccc1Cl)N1CCN(Cc2nc3ccccc3n2-c2ccccc2)CC1. The number of piperazine rings is 1. The summed E-state index contributed by atoms with van der Waals surface area (Å²) in [7, 11) is 0. The maximum absolute atomic E-state index is 12.6. The van der Waals surface area contributed by atoms with E-state index in [4.69, 9.17) is 16.6 Å². The van der Waals surface area contributed by atoms with Crippen molar-refractivity contribution >= 4 is 28.7 Å². The third-order valence-electron chi connectivity index (χ3n) is 6.06. The van der Waals surface area contributed by atoms with Crippen molar-refractivity contribution in [2.75, 3.05) is 26.2 Å². The van der Waals surface area contributed by atoms with Gasteiger partial charge in [-0.25, -0.2) is 9.78 Å². The Bertz CT molecular complexity index is 1250. The van der Waals surface area contributed by atoms with Gasteiger partial charge in [-0.3, -0.25) is 9.47 Å². The minimum absolute atomic E-state index is 0.0499. The van der Waals surface area contributed by atoms with Gasteiger partial charge in [-0.2, -0.15) is 0 Å². The van der Waals surface area contributed by atoms with Crippen LogP contribution in [0.1, 0.15) is 11.4 Å². The van der Waals surface area contributed by atoms with E-state index < -0.39 is 0 Å². The smallest absolute Gasteiger partial charge is 0.317 e. The van der Waals surface area contributed by atoms with Crippen LogP contribution in [-0.4, -0.2) is 51.6 Å². The van der Waals surface area contributed by atoms with Crippen LogP contribution in [0.25, 0.3) is 16.7 Å². The zero-order valence-electron chi connectivity index (χ0n) is 18.3. The van der Waals surface area contributed by atoms with E-state index in [0.717, 1.165) is 47.7 Å². The summed E-state index contributed by atoms with van der Waals surface area (Å²) in [6.07, 6.45) is 0. The summed E-state index contributed by atoms with van der Waals surface area (Å²) >= 11 is 6.20. The number of urea groups is 1. The molecular formula is C26H26ClN5O. The predicted molar refractivity (Wildman–Crippen MR) is 132 cm³/mol. The van der Waals surface area contributed by atoms with E-state index in [-0.39, 0.29) is 6.03 Å². The van der Waals surface area contributed by atoms with E-state index in [1.54, 1.807) is 0 Å². The normalized spacial score (nSPS) is 14.5. The van der Waals surface area contributed by atoms with Crippen molar-refractivity contribution in [3.63, 3.8) is 0 Å². The van der Waals surface area contributed by atoms with E-state index in [0.29, 0.717) is 24.7 Å². The number of rotatable bonds is 5. The Hall–Kier alpha value is -3.35. The average Bonchev–Trinajstić information content (AvgIpc) is 3.22. The standard InChI is InChI=1S/C26H26ClN5O/c27-22-11-5-4-8-20(22)18-28-26(33)31-16-14-30(15-17-31)19-25-29-23-12-6-7-13-24(23)32(25)21-9-2-1-3-10-21/h1-13H,14-19H2,(H,28,33). The molecule has 6 nitrogen and oxygen atoms in total. The minimum atomic E-state index is -0.0499. The van der Waals surface area contributed by atoms with Crippen LogP contribution in [0, 0.1) is 0 Å². The van der Waals surface area contributed by atoms with E-state index in [1.807, 2.05) is 59.5 Å². The first-order valence-electron chi connectivity index (χ1n) is 11.2. The molecule has 1 aromatic heterocycles. The molecule has 1 aliphatic rings. The summed E-state index contributed by atoms with van der Waals surface area (Å²) in [5.74, 6) is 1.01. The van der Waals surface area contributed by atoms with Gasteiger partial charge in [0.2, 0.25) is 0 Å². The molecule has 1 saturated heterocycles. The minimum Gasteiger partial charge on any atom is -0.334 e. The third-order valence-corrected chi connectivity index (χ3v) is 6.43. The number of carbonyl (C=O) groups excluding carboxylic acids is 1. The van der Waals surface area contributed by atoms with Gasteiger partial charge in [0.15, 0.2) is 0 Å². The van der Waals surface area contributed by atoms with Crippen LogP contribution >= 0.6 is 11.6 Å². The zero-order chi connectivity index (χ0) is 22.6. The molecule has 5 rings (SSSR count). The molecular weight excluding hydrogens is 434 g/mol. The number of para-hydroxylation sites is 3. The highest BCUT2D eigenvalue weighted by molar-refractivity contribution is 6.31. The van der Waals surface area contributed by atoms with Crippen molar-refractivity contribution in [2.45, 2.75) is 13.1 Å². The van der Waals surface area contributed by atoms with E-state index in [9.17, 15) is 4.79 Å². The molecule has 0 bridgehead atoms. The summed E-state index contributed by atoms with van der Waals surface area (Å²) < 4.78 is 2.23. The number of hydrogen-bond donors (Lipinski definition) is 1. The fourth-order valence-corrected chi connectivity index (χ4v) is 4.48. The highest BCUT2D eigenvalue weighted by atomic mass is 35.5. The molecule has 168 valence electrons. The van der Waals surface area contributed by atoms with Gasteiger partial charge in [-0.15, -0.1) is 0 Å². The maximum Gasteiger partial charge on any atom is 0.317 e. The van der Waals surface area contributed by atoms with Gasteiger partial charge in [0.1, 0.15) is 5.82 Å². The largest absolute Gasteiger partial charge is 0.334 e. The van der Waals surface area contributed by atoms with Crippen molar-refractivity contribution in [1.82, 2.24) is 24.7 Å². The Morgan fingerprint density at radius 3 is 2.36 bits per heavy atom. The second-order valence-electron chi connectivity index (χ2n) is 8.20. The van der Waals surface area contributed by atoms with Gasteiger partial charge < -0.3 is 10.2 Å². The lowest BCUT2D eigenvalue weighted by Gasteiger charge is -2.34. The Morgan fingerprint density at radius 1 is 0.879 bits per heavy atom. The number of fused-ring (bicyclic) bond motifs is 1. The Kier molecular flexibility index (Phi) is 6.28. The highest BCUT2D eigenvalue weighted by Crippen LogP contribution is 2.23. The molecule has 4 aromatic rings. The first-order chi connectivity index (χ1) is 16.2. The summed E-state index contributed by atoms with van der Waals surface area (Å²) in [5, 5.41) is 3.66. The van der Waals surface area contributed by atoms with Crippen molar-refractivity contribution in [3.8, 4) is 5.69 Å². The van der Waals surface area contributed by atoms with Crippen molar-refractivity contribution in [2.24, 2.45) is 0 Å². The fourth-order valence-electron chi connectivity index (χ4n) is 4.28. The molecule has 0 atom stereocenters. The number of imidazole rings is 1. The van der Waals surface area contributed by atoms with E-state index >= 15 is 0 Å². The van der Waals surface area contributed by atoms with E-state index in [1.165, 1.54) is 0 Å². The number of nitrogens with one attached hydrogen (secondary N) is 1. The van der Waals surface area contributed by atoms with Crippen LogP contribution in [0.4, 0.5) is 4.79 Å². The quantitative estimate of drug-likeness (QED) is 0.470. The number of amides is 2. The van der Waals surface area contributed by atoms with Gasteiger partial charge >= 0.3 is 6.03 Å². The van der Waals surface area contributed by atoms with Crippen LogP contribution in [-0.2, 0) is 13.1 Å². The van der Waals surface area contributed by atoms with Gasteiger partial charge in [-0.05, 0) is 35.9 Å². The van der Waals surface area contributed by atoms with Gasteiger partial charge in [0.05, 0.1) is 17.6 Å². The highest BCUT2D eigenvalue weighted by Gasteiger charge is 2.23. The summed E-state index contributed by atoms with van der Waals surface area (Å²) in [6, 6.07) is 26.1. The number of nitrogens with zero attached hydrogens (tertiary/aromatic N) is 4. The first-order valence-corrected chi connectivity index (χ1v) is 11.6. The third kappa shape index (κ3) is 4.72. The van der Waals surface area contributed by atoms with Crippen LogP contribution in [0.3, 0.4) is 0 Å². The summed E-state index contributed by atoms with van der Waals surface area (Å²) in [5.41, 5.74) is 4.13. The molecule has 3 aromatic carbocycles. The lowest BCUT2D eigenvalue weighted by molar-refractivity contribution is 0.133. The number of carbonyl (C=O) groups is 1. The van der Waals surface area contributed by atoms with Gasteiger partial charge in [0, 0.05) is 43.4 Å². The molecule has 0 aliphatic carbocycles. The average molecular weight is 460 g/mol. The van der Waals surface area contributed by atoms with Crippen LogP contribution in [0.5, 0.6) is 0 Å². The van der Waals surface area contributed by atoms with Crippen molar-refractivity contribution in [3.05, 3.63) is 95.3 Å². The molecule has 7 heteroatoms. The second kappa shape index (κ2) is 9.65. The maximum atomic E-state index is 12.6. The molecule has 2 heterocycles. The number of halogens is 1. The lowest BCUT2D eigenvalue weighted by Crippen LogP contribution is -2.51. The molecule has 2 amide bonds. The van der Waals surface area contributed by atoms with Crippen LogP contribution in [0.15, 0.2) is 78.9 Å². The topological polar surface area (TPSA) is 53.4 Å². The molecule has 1 fully saturated rings. The molecule has 1 N–H and O–H groups in total. The Labute approximate surface area is 198 Å². The van der Waals surface area contributed by atoms with Gasteiger partial charge in [0.25, 0.3) is 0 Å². The monoisotopic (exact) mass is 459 g/mol. The van der Waals surface area contributed by atoms with Crippen molar-refractivity contribution in [1.29, 1.82) is 0 Å². The fraction of sp³-hybridized carbons (Fsp3) is 0.231. The molecule has 33 heavy (non-hydrogen) atoms. The van der Waals surface area contributed by atoms with Crippen LogP contribution in [0.2, 0.25) is 5.02 Å². The van der Waals surface area contributed by atoms with E-state index in [2.05, 4.69) is 39.0 Å². The lowest BCUT2D eigenvalue weighted by atomic mass is 10.2. The molecule has 0 spiro atoms. The number of aromatic nitrogens is 2. The molecule has 0 saturated carbocycles.